The second kappa shape index (κ2) is 7.79. The summed E-state index contributed by atoms with van der Waals surface area (Å²) < 4.78 is 25.2. The van der Waals surface area contributed by atoms with E-state index in [1.165, 1.54) is 4.31 Å². The molecule has 0 saturated carbocycles. The minimum atomic E-state index is -3.23. The predicted molar refractivity (Wildman–Crippen MR) is 104 cm³/mol. The van der Waals surface area contributed by atoms with Crippen LogP contribution in [0, 0.1) is 6.92 Å². The Labute approximate surface area is 158 Å². The van der Waals surface area contributed by atoms with Crippen molar-refractivity contribution < 1.29 is 18.0 Å². The molecule has 0 aromatic heterocycles. The number of rotatable bonds is 5. The second-order valence-electron chi connectivity index (χ2n) is 6.33. The zero-order valence-electron chi connectivity index (χ0n) is 14.9. The maximum absolute atomic E-state index is 12.1. The number of carbonyl (C=O) groups is 2. The van der Waals surface area contributed by atoms with Crippen LogP contribution in [0.5, 0.6) is 0 Å². The molecule has 27 heavy (non-hydrogen) atoms. The maximum atomic E-state index is 12.1. The van der Waals surface area contributed by atoms with Crippen LogP contribution in [-0.4, -0.2) is 39.1 Å². The molecule has 0 bridgehead atoms. The summed E-state index contributed by atoms with van der Waals surface area (Å²) in [4.78, 5) is 24.2. The number of nitrogens with one attached hydrogen (secondary N) is 2. The zero-order chi connectivity index (χ0) is 19.4. The summed E-state index contributed by atoms with van der Waals surface area (Å²) in [5.74, 6) is -0.511. The van der Waals surface area contributed by atoms with Crippen LogP contribution in [0.1, 0.15) is 22.3 Å². The molecule has 1 fully saturated rings. The van der Waals surface area contributed by atoms with Gasteiger partial charge in [0.1, 0.15) is 0 Å². The van der Waals surface area contributed by atoms with E-state index in [0.29, 0.717) is 29.9 Å². The smallest absolute Gasteiger partial charge is 0.251 e. The molecule has 0 atom stereocenters. The van der Waals surface area contributed by atoms with Gasteiger partial charge < -0.3 is 10.6 Å². The standard InChI is InChI=1S/C19H21N3O4S/c1-14-5-2-3-6-17(14)19(24)20-13-18(23)21-15-7-9-16(10-8-15)22-11-4-12-27(22,25)26/h2-3,5-10H,4,11-13H2,1H3,(H,20,24)(H,21,23). The fourth-order valence-electron chi connectivity index (χ4n) is 2.93. The number of hydrogen-bond acceptors (Lipinski definition) is 4. The average Bonchev–Trinajstić information content (AvgIpc) is 3.00. The van der Waals surface area contributed by atoms with Gasteiger partial charge in [0.05, 0.1) is 18.0 Å². The zero-order valence-corrected chi connectivity index (χ0v) is 15.8. The van der Waals surface area contributed by atoms with Crippen molar-refractivity contribution in [2.75, 3.05) is 28.5 Å². The first kappa shape index (κ1) is 18.9. The molecule has 2 N–H and O–H groups in total. The molecule has 0 aliphatic carbocycles. The molecule has 1 saturated heterocycles. The Hall–Kier alpha value is -2.87. The predicted octanol–water partition coefficient (Wildman–Crippen LogP) is 1.90. The van der Waals surface area contributed by atoms with Crippen molar-refractivity contribution in [2.45, 2.75) is 13.3 Å². The molecule has 0 radical (unpaired) electrons. The third-order valence-electron chi connectivity index (χ3n) is 4.34. The van der Waals surface area contributed by atoms with E-state index in [4.69, 9.17) is 0 Å². The van der Waals surface area contributed by atoms with Gasteiger partial charge in [-0.1, -0.05) is 18.2 Å². The molecule has 2 aromatic carbocycles. The van der Waals surface area contributed by atoms with Gasteiger partial charge in [-0.15, -0.1) is 0 Å². The van der Waals surface area contributed by atoms with Crippen molar-refractivity contribution in [3.8, 4) is 0 Å². The molecule has 1 aliphatic heterocycles. The van der Waals surface area contributed by atoms with E-state index >= 15 is 0 Å². The van der Waals surface area contributed by atoms with E-state index in [-0.39, 0.29) is 24.1 Å². The molecule has 1 aliphatic rings. The van der Waals surface area contributed by atoms with E-state index in [0.717, 1.165) is 5.56 Å². The molecule has 0 spiro atoms. The lowest BCUT2D eigenvalue weighted by Crippen LogP contribution is -2.33. The van der Waals surface area contributed by atoms with Gasteiger partial charge in [0.15, 0.2) is 0 Å². The summed E-state index contributed by atoms with van der Waals surface area (Å²) in [7, 11) is -3.23. The number of sulfonamides is 1. The monoisotopic (exact) mass is 387 g/mol. The number of nitrogens with zero attached hydrogens (tertiary/aromatic N) is 1. The molecule has 0 unspecified atom stereocenters. The Morgan fingerprint density at radius 1 is 1.07 bits per heavy atom. The Morgan fingerprint density at radius 2 is 1.78 bits per heavy atom. The highest BCUT2D eigenvalue weighted by atomic mass is 32.2. The van der Waals surface area contributed by atoms with Crippen LogP contribution < -0.4 is 14.9 Å². The highest BCUT2D eigenvalue weighted by molar-refractivity contribution is 7.93. The van der Waals surface area contributed by atoms with Crippen molar-refractivity contribution >= 4 is 33.2 Å². The summed E-state index contributed by atoms with van der Waals surface area (Å²) in [6.45, 7) is 2.14. The Bertz CT molecular complexity index is 955. The van der Waals surface area contributed by atoms with Gasteiger partial charge in [-0.3, -0.25) is 13.9 Å². The first-order valence-corrected chi connectivity index (χ1v) is 10.2. The SMILES string of the molecule is Cc1ccccc1C(=O)NCC(=O)Nc1ccc(N2CCCS2(=O)=O)cc1. The van der Waals surface area contributed by atoms with Crippen molar-refractivity contribution in [2.24, 2.45) is 0 Å². The van der Waals surface area contributed by atoms with Gasteiger partial charge in [0, 0.05) is 17.8 Å². The summed E-state index contributed by atoms with van der Waals surface area (Å²) in [6, 6.07) is 13.7. The summed E-state index contributed by atoms with van der Waals surface area (Å²) in [5.41, 5.74) is 2.48. The number of anilines is 2. The van der Waals surface area contributed by atoms with Crippen molar-refractivity contribution in [3.05, 3.63) is 59.7 Å². The van der Waals surface area contributed by atoms with Crippen LogP contribution in [0.2, 0.25) is 0 Å². The topological polar surface area (TPSA) is 95.6 Å². The lowest BCUT2D eigenvalue weighted by molar-refractivity contribution is -0.115. The van der Waals surface area contributed by atoms with Gasteiger partial charge in [-0.2, -0.15) is 0 Å². The first-order valence-electron chi connectivity index (χ1n) is 8.61. The minimum Gasteiger partial charge on any atom is -0.343 e. The normalized spacial score (nSPS) is 15.4. The van der Waals surface area contributed by atoms with E-state index in [2.05, 4.69) is 10.6 Å². The highest BCUT2D eigenvalue weighted by Gasteiger charge is 2.28. The Morgan fingerprint density at radius 3 is 2.41 bits per heavy atom. The largest absolute Gasteiger partial charge is 0.343 e. The fourth-order valence-corrected chi connectivity index (χ4v) is 4.49. The summed E-state index contributed by atoms with van der Waals surface area (Å²) in [6.07, 6.45) is 0.613. The Kier molecular flexibility index (Phi) is 5.46. The van der Waals surface area contributed by atoms with Gasteiger partial charge in [0.2, 0.25) is 15.9 Å². The van der Waals surface area contributed by atoms with E-state index in [1.54, 1.807) is 36.4 Å². The molecule has 1 heterocycles. The molecule has 8 heteroatoms. The number of carbonyl (C=O) groups excluding carboxylic acids is 2. The van der Waals surface area contributed by atoms with Crippen molar-refractivity contribution in [1.29, 1.82) is 0 Å². The first-order chi connectivity index (χ1) is 12.9. The molecule has 2 amide bonds. The average molecular weight is 387 g/mol. The molecule has 7 nitrogen and oxygen atoms in total. The van der Waals surface area contributed by atoms with Crippen LogP contribution >= 0.6 is 0 Å². The third kappa shape index (κ3) is 4.46. The second-order valence-corrected chi connectivity index (χ2v) is 8.35. The van der Waals surface area contributed by atoms with E-state index in [1.807, 2.05) is 19.1 Å². The summed E-state index contributed by atoms with van der Waals surface area (Å²) >= 11 is 0. The Balaban J connectivity index is 1.55. The van der Waals surface area contributed by atoms with Crippen molar-refractivity contribution in [3.63, 3.8) is 0 Å². The molecule has 2 aromatic rings. The lowest BCUT2D eigenvalue weighted by atomic mass is 10.1. The summed E-state index contributed by atoms with van der Waals surface area (Å²) in [5, 5.41) is 5.27. The molecule has 142 valence electrons. The molecular weight excluding hydrogens is 366 g/mol. The number of hydrogen-bond donors (Lipinski definition) is 2. The van der Waals surface area contributed by atoms with Gasteiger partial charge in [0.25, 0.3) is 5.91 Å². The number of amides is 2. The van der Waals surface area contributed by atoms with E-state index < -0.39 is 10.0 Å². The van der Waals surface area contributed by atoms with Gasteiger partial charge in [-0.05, 0) is 49.2 Å². The van der Waals surface area contributed by atoms with E-state index in [9.17, 15) is 18.0 Å². The number of benzene rings is 2. The highest BCUT2D eigenvalue weighted by Crippen LogP contribution is 2.25. The third-order valence-corrected chi connectivity index (χ3v) is 6.21. The maximum Gasteiger partial charge on any atom is 0.251 e. The fraction of sp³-hybridized carbons (Fsp3) is 0.263. The van der Waals surface area contributed by atoms with Gasteiger partial charge >= 0.3 is 0 Å². The van der Waals surface area contributed by atoms with Crippen LogP contribution in [-0.2, 0) is 14.8 Å². The molecular formula is C19H21N3O4S. The van der Waals surface area contributed by atoms with Crippen LogP contribution in [0.3, 0.4) is 0 Å². The van der Waals surface area contributed by atoms with Crippen LogP contribution in [0.4, 0.5) is 11.4 Å². The minimum absolute atomic E-state index is 0.157. The lowest BCUT2D eigenvalue weighted by Gasteiger charge is -2.17. The van der Waals surface area contributed by atoms with Crippen LogP contribution in [0.15, 0.2) is 48.5 Å². The quantitative estimate of drug-likeness (QED) is 0.819. The van der Waals surface area contributed by atoms with Gasteiger partial charge in [-0.25, -0.2) is 8.42 Å². The molecule has 3 rings (SSSR count). The number of aryl methyl sites for hydroxylation is 1. The van der Waals surface area contributed by atoms with Crippen molar-refractivity contribution in [1.82, 2.24) is 5.32 Å². The van der Waals surface area contributed by atoms with Crippen LogP contribution in [0.25, 0.3) is 0 Å².